The van der Waals surface area contributed by atoms with Crippen LogP contribution in [-0.2, 0) is 11.3 Å². The normalized spacial score (nSPS) is 16.5. The smallest absolute Gasteiger partial charge is 0.224 e. The van der Waals surface area contributed by atoms with Crippen molar-refractivity contribution in [2.75, 3.05) is 18.8 Å². The van der Waals surface area contributed by atoms with Gasteiger partial charge in [-0.15, -0.1) is 0 Å². The zero-order valence-corrected chi connectivity index (χ0v) is 17.4. The topological polar surface area (TPSA) is 99.0 Å². The first kappa shape index (κ1) is 20.8. The van der Waals surface area contributed by atoms with Gasteiger partial charge < -0.3 is 10.6 Å². The van der Waals surface area contributed by atoms with Crippen molar-refractivity contribution in [3.05, 3.63) is 59.8 Å². The van der Waals surface area contributed by atoms with E-state index in [1.807, 2.05) is 13.0 Å². The average molecular weight is 424 g/mol. The Labute approximate surface area is 179 Å². The predicted octanol–water partition coefficient (Wildman–Crippen LogP) is 2.61. The number of amides is 1. The summed E-state index contributed by atoms with van der Waals surface area (Å²) in [5, 5.41) is 8.42. The van der Waals surface area contributed by atoms with Crippen molar-refractivity contribution in [1.82, 2.24) is 24.5 Å². The number of benzene rings is 1. The van der Waals surface area contributed by atoms with Crippen LogP contribution < -0.4 is 5.73 Å². The summed E-state index contributed by atoms with van der Waals surface area (Å²) in [4.78, 5) is 27.6. The molecule has 1 aliphatic heterocycles. The summed E-state index contributed by atoms with van der Waals surface area (Å²) in [5.74, 6) is -0.569. The van der Waals surface area contributed by atoms with Gasteiger partial charge in [-0.3, -0.25) is 14.3 Å². The van der Waals surface area contributed by atoms with Crippen LogP contribution in [0, 0.1) is 18.7 Å². The van der Waals surface area contributed by atoms with Gasteiger partial charge in [-0.05, 0) is 50.1 Å². The molecular formula is C22H25FN6O2. The maximum atomic E-state index is 13.2. The number of nitrogen functional groups attached to an aromatic ring is 1. The number of Topliss-reactive ketones (excluding diaryl/α,β-unsaturated/α-hetero) is 1. The van der Waals surface area contributed by atoms with Crippen LogP contribution in [0.1, 0.15) is 35.3 Å². The molecule has 2 N–H and O–H groups in total. The van der Waals surface area contributed by atoms with E-state index in [2.05, 4.69) is 10.2 Å². The van der Waals surface area contributed by atoms with Crippen molar-refractivity contribution >= 4 is 17.5 Å². The van der Waals surface area contributed by atoms with Gasteiger partial charge in [-0.1, -0.05) is 0 Å². The van der Waals surface area contributed by atoms with Crippen molar-refractivity contribution < 1.29 is 14.0 Å². The molecule has 1 aliphatic rings. The lowest BCUT2D eigenvalue weighted by atomic mass is 9.90. The summed E-state index contributed by atoms with van der Waals surface area (Å²) in [6.07, 6.45) is 4.96. The molecule has 0 aliphatic carbocycles. The number of carbonyl (C=O) groups excluding carboxylic acids is 2. The van der Waals surface area contributed by atoms with Crippen LogP contribution in [-0.4, -0.2) is 49.2 Å². The molecule has 0 unspecified atom stereocenters. The van der Waals surface area contributed by atoms with E-state index in [-0.39, 0.29) is 29.2 Å². The van der Waals surface area contributed by atoms with Crippen LogP contribution in [0.15, 0.2) is 42.7 Å². The third-order valence-electron chi connectivity index (χ3n) is 5.75. The van der Waals surface area contributed by atoms with Gasteiger partial charge in [-0.2, -0.15) is 10.2 Å². The highest BCUT2D eigenvalue weighted by molar-refractivity contribution is 6.02. The molecule has 1 saturated heterocycles. The number of rotatable bonds is 6. The Hall–Kier alpha value is -3.49. The fourth-order valence-electron chi connectivity index (χ4n) is 3.97. The number of anilines is 1. The maximum absolute atomic E-state index is 13.2. The largest absolute Gasteiger partial charge is 0.383 e. The van der Waals surface area contributed by atoms with E-state index >= 15 is 0 Å². The number of hydrogen-bond donors (Lipinski definition) is 1. The van der Waals surface area contributed by atoms with Gasteiger partial charge in [0.05, 0.1) is 17.4 Å². The van der Waals surface area contributed by atoms with Crippen LogP contribution in [0.25, 0.3) is 5.69 Å². The third kappa shape index (κ3) is 4.35. The second-order valence-corrected chi connectivity index (χ2v) is 7.82. The van der Waals surface area contributed by atoms with Gasteiger partial charge in [0.25, 0.3) is 0 Å². The standard InChI is InChI=1S/C22H25FN6O2/c1-15-8-10-25-28(15)12-9-20(30)27-11-2-3-16(14-27)21(31)19-13-26-29(22(19)24)18-6-4-17(23)5-7-18/h4-8,10,13,16H,2-3,9,11-12,14,24H2,1H3/t16-/m1/s1. The van der Waals surface area contributed by atoms with Crippen molar-refractivity contribution in [2.45, 2.75) is 32.7 Å². The molecule has 3 aromatic rings. The molecule has 9 heteroatoms. The molecule has 0 spiro atoms. The first-order valence-corrected chi connectivity index (χ1v) is 10.3. The van der Waals surface area contributed by atoms with E-state index in [4.69, 9.17) is 5.73 Å². The van der Waals surface area contributed by atoms with Gasteiger partial charge in [0.15, 0.2) is 5.78 Å². The molecule has 31 heavy (non-hydrogen) atoms. The van der Waals surface area contributed by atoms with E-state index in [0.717, 1.165) is 12.1 Å². The zero-order valence-electron chi connectivity index (χ0n) is 17.4. The Bertz CT molecular complexity index is 1090. The Kier molecular flexibility index (Phi) is 5.83. The minimum atomic E-state index is -0.361. The molecule has 0 bridgehead atoms. The van der Waals surface area contributed by atoms with Crippen molar-refractivity contribution in [2.24, 2.45) is 5.92 Å². The first-order valence-electron chi connectivity index (χ1n) is 10.3. The van der Waals surface area contributed by atoms with Crippen LogP contribution in [0.5, 0.6) is 0 Å². The quantitative estimate of drug-likeness (QED) is 0.613. The second kappa shape index (κ2) is 8.71. The number of aryl methyl sites for hydroxylation is 2. The molecule has 0 saturated carbocycles. The Balaban J connectivity index is 1.42. The monoisotopic (exact) mass is 424 g/mol. The van der Waals surface area contributed by atoms with Gasteiger partial charge in [0.2, 0.25) is 5.91 Å². The summed E-state index contributed by atoms with van der Waals surface area (Å²) in [5.41, 5.74) is 8.10. The predicted molar refractivity (Wildman–Crippen MR) is 113 cm³/mol. The minimum Gasteiger partial charge on any atom is -0.383 e. The summed E-state index contributed by atoms with van der Waals surface area (Å²) < 4.78 is 16.4. The number of nitrogens with zero attached hydrogens (tertiary/aromatic N) is 5. The summed E-state index contributed by atoms with van der Waals surface area (Å²) in [6, 6.07) is 7.63. The average Bonchev–Trinajstić information content (AvgIpc) is 3.37. The van der Waals surface area contributed by atoms with Gasteiger partial charge >= 0.3 is 0 Å². The van der Waals surface area contributed by atoms with Gasteiger partial charge in [-0.25, -0.2) is 9.07 Å². The van der Waals surface area contributed by atoms with E-state index < -0.39 is 0 Å². The highest BCUT2D eigenvalue weighted by atomic mass is 19.1. The minimum absolute atomic E-state index is 0.0161. The second-order valence-electron chi connectivity index (χ2n) is 7.82. The fraction of sp³-hybridized carbons (Fsp3) is 0.364. The highest BCUT2D eigenvalue weighted by Crippen LogP contribution is 2.25. The molecule has 4 rings (SSSR count). The van der Waals surface area contributed by atoms with Crippen molar-refractivity contribution in [3.63, 3.8) is 0 Å². The van der Waals surface area contributed by atoms with Crippen LogP contribution in [0.3, 0.4) is 0 Å². The third-order valence-corrected chi connectivity index (χ3v) is 5.75. The molecule has 1 atom stereocenters. The number of hydrogen-bond acceptors (Lipinski definition) is 5. The van der Waals surface area contributed by atoms with Crippen molar-refractivity contribution in [3.8, 4) is 5.69 Å². The Morgan fingerprint density at radius 3 is 2.68 bits per heavy atom. The first-order chi connectivity index (χ1) is 14.9. The van der Waals surface area contributed by atoms with E-state index in [0.29, 0.717) is 43.7 Å². The number of ketones is 1. The molecule has 1 fully saturated rings. The molecule has 8 nitrogen and oxygen atoms in total. The lowest BCUT2D eigenvalue weighted by molar-refractivity contribution is -0.132. The van der Waals surface area contributed by atoms with E-state index in [1.165, 1.54) is 23.0 Å². The lowest BCUT2D eigenvalue weighted by Gasteiger charge is -2.32. The lowest BCUT2D eigenvalue weighted by Crippen LogP contribution is -2.42. The number of aromatic nitrogens is 4. The zero-order chi connectivity index (χ0) is 22.0. The summed E-state index contributed by atoms with van der Waals surface area (Å²) >= 11 is 0. The highest BCUT2D eigenvalue weighted by Gasteiger charge is 2.31. The number of likely N-dealkylation sites (tertiary alicyclic amines) is 1. The van der Waals surface area contributed by atoms with Crippen LogP contribution in [0.4, 0.5) is 10.2 Å². The molecule has 0 radical (unpaired) electrons. The fourth-order valence-corrected chi connectivity index (χ4v) is 3.97. The maximum Gasteiger partial charge on any atom is 0.224 e. The number of halogens is 1. The molecule has 1 aromatic carbocycles. The summed E-state index contributed by atoms with van der Waals surface area (Å²) in [7, 11) is 0. The van der Waals surface area contributed by atoms with E-state index in [1.54, 1.807) is 27.9 Å². The molecule has 3 heterocycles. The van der Waals surface area contributed by atoms with Crippen LogP contribution in [0.2, 0.25) is 0 Å². The molecule has 2 aromatic heterocycles. The summed E-state index contributed by atoms with van der Waals surface area (Å²) in [6.45, 7) is 3.48. The molecule has 1 amide bonds. The number of nitrogens with two attached hydrogens (primary N) is 1. The van der Waals surface area contributed by atoms with Crippen LogP contribution >= 0.6 is 0 Å². The molecular weight excluding hydrogens is 399 g/mol. The van der Waals surface area contributed by atoms with E-state index in [9.17, 15) is 14.0 Å². The Morgan fingerprint density at radius 2 is 1.97 bits per heavy atom. The number of carbonyl (C=O) groups is 2. The van der Waals surface area contributed by atoms with Gasteiger partial charge in [0, 0.05) is 43.9 Å². The molecule has 162 valence electrons. The van der Waals surface area contributed by atoms with Gasteiger partial charge in [0.1, 0.15) is 11.6 Å². The van der Waals surface area contributed by atoms with Crippen molar-refractivity contribution in [1.29, 1.82) is 0 Å². The number of piperidine rings is 1. The Morgan fingerprint density at radius 1 is 1.19 bits per heavy atom. The SMILES string of the molecule is Cc1ccnn1CCC(=O)N1CCC[C@@H](C(=O)c2cnn(-c3ccc(F)cc3)c2N)C1.